The summed E-state index contributed by atoms with van der Waals surface area (Å²) in [5, 5.41) is 10.5. The van der Waals surface area contributed by atoms with Crippen molar-refractivity contribution in [1.29, 1.82) is 0 Å². The van der Waals surface area contributed by atoms with E-state index in [0.29, 0.717) is 6.07 Å². The molecule has 0 aromatic heterocycles. The molecule has 0 aliphatic heterocycles. The summed E-state index contributed by atoms with van der Waals surface area (Å²) in [7, 11) is 0. The number of rotatable bonds is 2. The minimum atomic E-state index is -5.35. The molecule has 0 aliphatic rings. The van der Waals surface area contributed by atoms with Crippen LogP contribution in [-0.4, -0.2) is 11.3 Å². The Morgan fingerprint density at radius 3 is 2.05 bits per heavy atom. The van der Waals surface area contributed by atoms with Gasteiger partial charge in [0.05, 0.1) is 10.5 Å². The molecule has 4 nitrogen and oxygen atoms in total. The van der Waals surface area contributed by atoms with Crippen LogP contribution >= 0.6 is 15.9 Å². The van der Waals surface area contributed by atoms with E-state index in [4.69, 9.17) is 0 Å². The van der Waals surface area contributed by atoms with Gasteiger partial charge in [0, 0.05) is 16.6 Å². The molecule has 0 radical (unpaired) electrons. The first-order valence-electron chi connectivity index (χ1n) is 4.22. The van der Waals surface area contributed by atoms with Crippen LogP contribution < -0.4 is 4.74 Å². The van der Waals surface area contributed by atoms with Gasteiger partial charge < -0.3 is 4.74 Å². The lowest BCUT2D eigenvalue weighted by Crippen LogP contribution is -2.19. The van der Waals surface area contributed by atoms with Gasteiger partial charge in [0.1, 0.15) is 0 Å². The van der Waals surface area contributed by atoms with Crippen LogP contribution in [0.3, 0.4) is 0 Å². The van der Waals surface area contributed by atoms with Crippen molar-refractivity contribution in [3.05, 3.63) is 32.3 Å². The molecule has 0 saturated carbocycles. The molecule has 0 unspecified atom stereocenters. The molecule has 0 atom stereocenters. The van der Waals surface area contributed by atoms with Crippen LogP contribution in [0.4, 0.5) is 32.0 Å². The lowest BCUT2D eigenvalue weighted by atomic mass is 10.2. The first-order valence-corrected chi connectivity index (χ1v) is 5.02. The maximum absolute atomic E-state index is 12.5. The van der Waals surface area contributed by atoms with Gasteiger partial charge in [-0.2, -0.15) is 13.2 Å². The van der Waals surface area contributed by atoms with Gasteiger partial charge >= 0.3 is 18.2 Å². The van der Waals surface area contributed by atoms with Crippen LogP contribution in [0, 0.1) is 10.1 Å². The van der Waals surface area contributed by atoms with Crippen LogP contribution in [0.25, 0.3) is 0 Å². The van der Waals surface area contributed by atoms with Crippen molar-refractivity contribution >= 4 is 21.6 Å². The van der Waals surface area contributed by atoms with E-state index in [0.717, 1.165) is 0 Å². The molecule has 0 heterocycles. The average Bonchev–Trinajstić information content (AvgIpc) is 2.15. The number of ether oxygens (including phenoxy) is 1. The number of hydrogen-bond acceptors (Lipinski definition) is 3. The summed E-state index contributed by atoms with van der Waals surface area (Å²) < 4.78 is 75.8. The van der Waals surface area contributed by atoms with Crippen molar-refractivity contribution in [2.45, 2.75) is 12.5 Å². The molecule has 0 amide bonds. The van der Waals surface area contributed by atoms with Crippen LogP contribution in [0.5, 0.6) is 5.75 Å². The second kappa shape index (κ2) is 4.87. The predicted molar refractivity (Wildman–Crippen MR) is 52.5 cm³/mol. The number of benzene rings is 1. The fourth-order valence-electron chi connectivity index (χ4n) is 1.11. The second-order valence-electron chi connectivity index (χ2n) is 3.10. The Kier molecular flexibility index (Phi) is 3.98. The van der Waals surface area contributed by atoms with Crippen LogP contribution in [-0.2, 0) is 6.18 Å². The van der Waals surface area contributed by atoms with Gasteiger partial charge in [0.15, 0.2) is 0 Å². The summed E-state index contributed by atoms with van der Waals surface area (Å²) in [5.41, 5.74) is -2.76. The molecule has 11 heteroatoms. The maximum Gasteiger partial charge on any atom is 0.573 e. The average molecular weight is 354 g/mol. The Morgan fingerprint density at radius 1 is 1.16 bits per heavy atom. The molecular formula is C8H2BrF6NO3. The Hall–Kier alpha value is -1.52. The third-order valence-electron chi connectivity index (χ3n) is 1.78. The summed E-state index contributed by atoms with van der Waals surface area (Å²) >= 11 is 2.40. The highest BCUT2D eigenvalue weighted by Crippen LogP contribution is 2.42. The smallest absolute Gasteiger partial charge is 0.398 e. The van der Waals surface area contributed by atoms with Crippen LogP contribution in [0.15, 0.2) is 16.6 Å². The number of nitro benzene ring substituents is 1. The van der Waals surface area contributed by atoms with E-state index >= 15 is 0 Å². The molecular weight excluding hydrogens is 352 g/mol. The molecule has 0 N–H and O–H groups in total. The van der Waals surface area contributed by atoms with Gasteiger partial charge in [-0.3, -0.25) is 10.1 Å². The Morgan fingerprint density at radius 2 is 1.68 bits per heavy atom. The highest BCUT2D eigenvalue weighted by Gasteiger charge is 2.39. The van der Waals surface area contributed by atoms with Gasteiger partial charge in [-0.1, -0.05) is 0 Å². The summed E-state index contributed by atoms with van der Waals surface area (Å²) in [6, 6.07) is 0.208. The van der Waals surface area contributed by atoms with Crippen molar-refractivity contribution in [2.24, 2.45) is 0 Å². The van der Waals surface area contributed by atoms with Crippen molar-refractivity contribution in [3.8, 4) is 5.75 Å². The lowest BCUT2D eigenvalue weighted by molar-refractivity contribution is -0.388. The number of nitrogens with zero attached hydrogens (tertiary/aromatic N) is 1. The molecule has 0 saturated heterocycles. The number of nitro groups is 1. The number of alkyl halides is 6. The molecule has 1 aromatic carbocycles. The molecule has 106 valence electrons. The summed E-state index contributed by atoms with van der Waals surface area (Å²) in [6.07, 6.45) is -10.3. The largest absolute Gasteiger partial charge is 0.573 e. The Balaban J connectivity index is 3.44. The molecule has 1 rings (SSSR count). The molecule has 0 spiro atoms. The monoisotopic (exact) mass is 353 g/mol. The highest BCUT2D eigenvalue weighted by atomic mass is 79.9. The minimum absolute atomic E-state index is 0.0876. The third-order valence-corrected chi connectivity index (χ3v) is 2.43. The highest BCUT2D eigenvalue weighted by molar-refractivity contribution is 9.10. The maximum atomic E-state index is 12.5. The van der Waals surface area contributed by atoms with E-state index in [-0.39, 0.29) is 6.07 Å². The van der Waals surface area contributed by atoms with E-state index in [1.165, 1.54) is 0 Å². The fraction of sp³-hybridized carbons (Fsp3) is 0.250. The van der Waals surface area contributed by atoms with E-state index < -0.39 is 38.9 Å². The van der Waals surface area contributed by atoms with Crippen LogP contribution in [0.2, 0.25) is 0 Å². The van der Waals surface area contributed by atoms with E-state index in [1.54, 1.807) is 0 Å². The van der Waals surface area contributed by atoms with E-state index in [9.17, 15) is 36.5 Å². The second-order valence-corrected chi connectivity index (χ2v) is 3.96. The SMILES string of the molecule is O=[N+]([O-])c1cc(Br)c(C(F)(F)F)cc1OC(F)(F)F. The number of hydrogen-bond donors (Lipinski definition) is 0. The van der Waals surface area contributed by atoms with E-state index in [2.05, 4.69) is 20.7 Å². The van der Waals surface area contributed by atoms with Gasteiger partial charge in [0.2, 0.25) is 5.75 Å². The summed E-state index contributed by atoms with van der Waals surface area (Å²) in [5.74, 6) is -1.53. The summed E-state index contributed by atoms with van der Waals surface area (Å²) in [4.78, 5) is 9.19. The zero-order valence-electron chi connectivity index (χ0n) is 8.47. The van der Waals surface area contributed by atoms with Gasteiger partial charge in [-0.05, 0) is 15.9 Å². The van der Waals surface area contributed by atoms with Gasteiger partial charge in [0.25, 0.3) is 0 Å². The molecule has 19 heavy (non-hydrogen) atoms. The molecule has 1 aromatic rings. The van der Waals surface area contributed by atoms with Crippen molar-refractivity contribution < 1.29 is 36.0 Å². The fourth-order valence-corrected chi connectivity index (χ4v) is 1.67. The van der Waals surface area contributed by atoms with E-state index in [1.807, 2.05) is 0 Å². The first-order chi connectivity index (χ1) is 8.42. The standard InChI is InChI=1S/C8H2BrF6NO3/c9-4-2-5(16(17)18)6(19-8(13,14)15)1-3(4)7(10,11)12/h1-2H. The van der Waals surface area contributed by atoms with Crippen molar-refractivity contribution in [2.75, 3.05) is 0 Å². The minimum Gasteiger partial charge on any atom is -0.398 e. The lowest BCUT2D eigenvalue weighted by Gasteiger charge is -2.13. The van der Waals surface area contributed by atoms with Gasteiger partial charge in [-0.15, -0.1) is 13.2 Å². The van der Waals surface area contributed by atoms with Crippen LogP contribution in [0.1, 0.15) is 5.56 Å². The first kappa shape index (κ1) is 15.5. The quantitative estimate of drug-likeness (QED) is 0.453. The Bertz CT molecular complexity index is 512. The van der Waals surface area contributed by atoms with Gasteiger partial charge in [-0.25, -0.2) is 0 Å². The summed E-state index contributed by atoms with van der Waals surface area (Å²) in [6.45, 7) is 0. The van der Waals surface area contributed by atoms with Crippen molar-refractivity contribution in [1.82, 2.24) is 0 Å². The molecule has 0 fully saturated rings. The zero-order valence-corrected chi connectivity index (χ0v) is 10.1. The number of halogens is 7. The third kappa shape index (κ3) is 3.98. The Labute approximate surface area is 109 Å². The molecule has 0 aliphatic carbocycles. The zero-order chi connectivity index (χ0) is 15.0. The van der Waals surface area contributed by atoms with Crippen molar-refractivity contribution in [3.63, 3.8) is 0 Å². The predicted octanol–water partition coefficient (Wildman–Crippen LogP) is 4.27. The normalized spacial score (nSPS) is 12.4. The topological polar surface area (TPSA) is 52.4 Å². The molecule has 0 bridgehead atoms.